The molecule has 1 aromatic carbocycles. The van der Waals surface area contributed by atoms with Crippen molar-refractivity contribution in [3.8, 4) is 16.9 Å². The van der Waals surface area contributed by atoms with Gasteiger partial charge in [0.15, 0.2) is 6.29 Å². The quantitative estimate of drug-likeness (QED) is 0.198. The molecule has 0 amide bonds. The van der Waals surface area contributed by atoms with Crippen molar-refractivity contribution in [3.05, 3.63) is 73.4 Å². The standard InChI is InChI=1S/C32H32ClF3N4O4S/c1-18-13-25(30-29(37-18)20(16-41)17-45-30)24-14-21(33)3-6-28(24)43-12-11-40-19(2)38-27-5-4-22(15-26(27)31(40)42)39-9-7-23(8-10-39)44-32(34,35)36/h3,6,13-14,16-17,22-23H,4-5,7-12,15H2,1-2H3. The average Bonchev–Trinajstić information content (AvgIpc) is 3.41. The first kappa shape index (κ1) is 31.7. The van der Waals surface area contributed by atoms with Gasteiger partial charge in [0.25, 0.3) is 5.56 Å². The number of carbonyl (C=O) groups excluding carboxylic acids is 1. The number of nitrogens with zero attached hydrogens (tertiary/aromatic N) is 4. The lowest BCUT2D eigenvalue weighted by molar-refractivity contribution is -0.346. The largest absolute Gasteiger partial charge is 0.522 e. The van der Waals surface area contributed by atoms with Crippen LogP contribution >= 0.6 is 22.9 Å². The fraction of sp³-hybridized carbons (Fsp3) is 0.438. The maximum atomic E-state index is 13.7. The summed E-state index contributed by atoms with van der Waals surface area (Å²) in [5.41, 5.74) is 4.89. The molecule has 45 heavy (non-hydrogen) atoms. The fourth-order valence-electron chi connectivity index (χ4n) is 6.46. The normalized spacial score (nSPS) is 17.9. The van der Waals surface area contributed by atoms with Gasteiger partial charge in [0.1, 0.15) is 18.2 Å². The lowest BCUT2D eigenvalue weighted by Gasteiger charge is -2.39. The van der Waals surface area contributed by atoms with Crippen LogP contribution in [0.3, 0.4) is 0 Å². The number of fused-ring (bicyclic) bond motifs is 2. The summed E-state index contributed by atoms with van der Waals surface area (Å²) in [7, 11) is 0. The molecule has 0 N–H and O–H groups in total. The van der Waals surface area contributed by atoms with E-state index >= 15 is 0 Å². The number of halogens is 4. The molecular formula is C32H32ClF3N4O4S. The minimum atomic E-state index is -4.63. The molecule has 1 aliphatic heterocycles. The van der Waals surface area contributed by atoms with E-state index < -0.39 is 12.5 Å². The number of ether oxygens (including phenoxy) is 2. The van der Waals surface area contributed by atoms with E-state index in [1.807, 2.05) is 26.0 Å². The number of likely N-dealkylation sites (tertiary alicyclic amines) is 1. The number of aldehydes is 1. The molecule has 1 saturated heterocycles. The Hall–Kier alpha value is -3.32. The number of carbonyl (C=O) groups is 1. The maximum absolute atomic E-state index is 13.7. The van der Waals surface area contributed by atoms with Crippen LogP contribution in [0.1, 0.15) is 52.4 Å². The van der Waals surface area contributed by atoms with Crippen molar-refractivity contribution < 1.29 is 27.4 Å². The molecule has 13 heteroatoms. The highest BCUT2D eigenvalue weighted by Crippen LogP contribution is 2.40. The monoisotopic (exact) mass is 660 g/mol. The third-order valence-corrected chi connectivity index (χ3v) is 9.85. The molecular weight excluding hydrogens is 629 g/mol. The molecule has 1 aliphatic carbocycles. The van der Waals surface area contributed by atoms with Crippen molar-refractivity contribution in [1.82, 2.24) is 19.4 Å². The van der Waals surface area contributed by atoms with Gasteiger partial charge in [-0.2, -0.15) is 0 Å². The van der Waals surface area contributed by atoms with Crippen molar-refractivity contribution in [2.75, 3.05) is 19.7 Å². The summed E-state index contributed by atoms with van der Waals surface area (Å²) < 4.78 is 50.9. The molecule has 2 aliphatic rings. The summed E-state index contributed by atoms with van der Waals surface area (Å²) >= 11 is 7.83. The van der Waals surface area contributed by atoms with Gasteiger partial charge >= 0.3 is 6.36 Å². The molecule has 3 aromatic heterocycles. The number of rotatable bonds is 8. The maximum Gasteiger partial charge on any atom is 0.522 e. The van der Waals surface area contributed by atoms with Crippen LogP contribution in [-0.4, -0.2) is 63.9 Å². The Morgan fingerprint density at radius 3 is 2.62 bits per heavy atom. The van der Waals surface area contributed by atoms with Crippen molar-refractivity contribution >= 4 is 39.4 Å². The van der Waals surface area contributed by atoms with Crippen molar-refractivity contribution in [3.63, 3.8) is 0 Å². The molecule has 0 spiro atoms. The van der Waals surface area contributed by atoms with E-state index in [4.69, 9.17) is 21.3 Å². The molecule has 8 nitrogen and oxygen atoms in total. The predicted octanol–water partition coefficient (Wildman–Crippen LogP) is 6.54. The summed E-state index contributed by atoms with van der Waals surface area (Å²) in [5.74, 6) is 1.19. The van der Waals surface area contributed by atoms with Crippen molar-refractivity contribution in [1.29, 1.82) is 0 Å². The first-order chi connectivity index (χ1) is 21.5. The second-order valence-corrected chi connectivity index (χ2v) is 12.8. The van der Waals surface area contributed by atoms with E-state index in [0.717, 1.165) is 39.9 Å². The van der Waals surface area contributed by atoms with Crippen molar-refractivity contribution in [2.24, 2.45) is 0 Å². The summed E-state index contributed by atoms with van der Waals surface area (Å²) in [4.78, 5) is 36.8. The molecule has 0 radical (unpaired) electrons. The Balaban J connectivity index is 1.18. The van der Waals surface area contributed by atoms with Crippen LogP contribution in [0.5, 0.6) is 5.75 Å². The topological polar surface area (TPSA) is 86.5 Å². The second-order valence-electron chi connectivity index (χ2n) is 11.5. The molecule has 0 saturated carbocycles. The number of hydrogen-bond donors (Lipinski definition) is 0. The summed E-state index contributed by atoms with van der Waals surface area (Å²) in [6, 6.07) is 7.37. The first-order valence-electron chi connectivity index (χ1n) is 14.8. The third-order valence-electron chi connectivity index (χ3n) is 8.60. The highest BCUT2D eigenvalue weighted by molar-refractivity contribution is 7.18. The molecule has 0 bridgehead atoms. The van der Waals surface area contributed by atoms with Crippen LogP contribution in [0, 0.1) is 13.8 Å². The van der Waals surface area contributed by atoms with Gasteiger partial charge in [-0.15, -0.1) is 24.5 Å². The highest BCUT2D eigenvalue weighted by atomic mass is 35.5. The van der Waals surface area contributed by atoms with Crippen molar-refractivity contribution in [2.45, 2.75) is 71.0 Å². The summed E-state index contributed by atoms with van der Waals surface area (Å²) in [5, 5.41) is 2.32. The summed E-state index contributed by atoms with van der Waals surface area (Å²) in [6.07, 6.45) is -2.08. The number of alkyl halides is 3. The zero-order chi connectivity index (χ0) is 31.9. The Morgan fingerprint density at radius 1 is 1.11 bits per heavy atom. The van der Waals surface area contributed by atoms with Gasteiger partial charge in [0, 0.05) is 51.9 Å². The molecule has 4 heterocycles. The summed E-state index contributed by atoms with van der Waals surface area (Å²) in [6.45, 7) is 5.14. The molecule has 1 unspecified atom stereocenters. The molecule has 238 valence electrons. The van der Waals surface area contributed by atoms with Gasteiger partial charge in [-0.05, 0) is 70.2 Å². The van der Waals surface area contributed by atoms with Crippen LogP contribution in [0.25, 0.3) is 21.3 Å². The van der Waals surface area contributed by atoms with E-state index in [1.54, 1.807) is 22.1 Å². The third kappa shape index (κ3) is 6.79. The molecule has 6 rings (SSSR count). The van der Waals surface area contributed by atoms with Crippen LogP contribution in [0.4, 0.5) is 13.2 Å². The van der Waals surface area contributed by atoms with Crippen LogP contribution in [0.2, 0.25) is 5.02 Å². The van der Waals surface area contributed by atoms with Gasteiger partial charge in [-0.25, -0.2) is 4.98 Å². The zero-order valence-electron chi connectivity index (χ0n) is 24.8. The van der Waals surface area contributed by atoms with E-state index in [-0.39, 0.29) is 24.8 Å². The van der Waals surface area contributed by atoms with E-state index in [0.29, 0.717) is 72.0 Å². The Bertz CT molecular complexity index is 1800. The second kappa shape index (κ2) is 12.8. The minimum absolute atomic E-state index is 0.0699. The number of aryl methyl sites for hydroxylation is 3. The number of hydrogen-bond acceptors (Lipinski definition) is 8. The SMILES string of the molecule is Cc1cc(-c2cc(Cl)ccc2OCCn2c(C)nc3c(c2=O)CC(N2CCC(OC(F)(F)F)CC2)CC3)c2scc(C=O)c2n1. The molecule has 1 atom stereocenters. The van der Waals surface area contributed by atoms with E-state index in [1.165, 1.54) is 11.3 Å². The van der Waals surface area contributed by atoms with Crippen LogP contribution in [-0.2, 0) is 24.1 Å². The Morgan fingerprint density at radius 2 is 1.89 bits per heavy atom. The van der Waals surface area contributed by atoms with Gasteiger partial charge < -0.3 is 4.74 Å². The predicted molar refractivity (Wildman–Crippen MR) is 166 cm³/mol. The average molecular weight is 661 g/mol. The fourth-order valence-corrected chi connectivity index (χ4v) is 7.61. The van der Waals surface area contributed by atoms with Gasteiger partial charge in [-0.1, -0.05) is 11.6 Å². The number of piperidine rings is 1. The van der Waals surface area contributed by atoms with Gasteiger partial charge in [-0.3, -0.25) is 28.8 Å². The Labute approximate surface area is 266 Å². The smallest absolute Gasteiger partial charge is 0.491 e. The number of thiophene rings is 1. The Kier molecular flexibility index (Phi) is 9.02. The molecule has 4 aromatic rings. The van der Waals surface area contributed by atoms with Crippen LogP contribution < -0.4 is 10.3 Å². The first-order valence-corrected chi connectivity index (χ1v) is 16.1. The highest BCUT2D eigenvalue weighted by Gasteiger charge is 2.37. The minimum Gasteiger partial charge on any atom is -0.491 e. The van der Waals surface area contributed by atoms with E-state index in [2.05, 4.69) is 14.6 Å². The number of aromatic nitrogens is 3. The zero-order valence-corrected chi connectivity index (χ0v) is 26.4. The number of pyridine rings is 1. The lowest BCUT2D eigenvalue weighted by atomic mass is 9.90. The van der Waals surface area contributed by atoms with Gasteiger partial charge in [0.05, 0.1) is 34.1 Å². The van der Waals surface area contributed by atoms with E-state index in [9.17, 15) is 22.8 Å². The molecule has 1 fully saturated rings. The van der Waals surface area contributed by atoms with Crippen LogP contribution in [0.15, 0.2) is 34.4 Å². The van der Waals surface area contributed by atoms with Gasteiger partial charge in [0.2, 0.25) is 0 Å². The number of benzene rings is 1. The lowest BCUT2D eigenvalue weighted by Crippen LogP contribution is -2.48.